The van der Waals surface area contributed by atoms with Gasteiger partial charge in [-0.15, -0.1) is 0 Å². The molecule has 0 fully saturated rings. The molecule has 0 heterocycles. The van der Waals surface area contributed by atoms with E-state index < -0.39 is 0 Å². The van der Waals surface area contributed by atoms with Crippen molar-refractivity contribution in [3.8, 4) is 17.2 Å². The number of carbonyl (C=O) groups excluding carboxylic acids is 1. The molecule has 0 aliphatic rings. The molecular weight excluding hydrogens is 362 g/mol. The van der Waals surface area contributed by atoms with Crippen molar-refractivity contribution >= 4 is 23.2 Å². The van der Waals surface area contributed by atoms with Crippen LogP contribution in [0.4, 0.5) is 5.69 Å². The third-order valence-electron chi connectivity index (χ3n) is 3.94. The average molecular weight is 382 g/mol. The van der Waals surface area contributed by atoms with E-state index in [4.69, 9.17) is 21.1 Å². The summed E-state index contributed by atoms with van der Waals surface area (Å²) >= 11 is 6.08. The van der Waals surface area contributed by atoms with E-state index in [1.165, 1.54) is 0 Å². The second-order valence-electron chi connectivity index (χ2n) is 6.11. The quantitative estimate of drug-likeness (QED) is 0.589. The smallest absolute Gasteiger partial charge is 0.262 e. The fourth-order valence-electron chi connectivity index (χ4n) is 2.66. The Balaban J connectivity index is 1.71. The van der Waals surface area contributed by atoms with Crippen molar-refractivity contribution in [2.24, 2.45) is 0 Å². The van der Waals surface area contributed by atoms with Crippen molar-refractivity contribution in [2.75, 3.05) is 11.9 Å². The molecule has 138 valence electrons. The molecule has 0 bridgehead atoms. The van der Waals surface area contributed by atoms with Crippen molar-refractivity contribution in [1.29, 1.82) is 0 Å². The first kappa shape index (κ1) is 18.8. The van der Waals surface area contributed by atoms with Gasteiger partial charge < -0.3 is 14.8 Å². The van der Waals surface area contributed by atoms with Crippen LogP contribution in [0.25, 0.3) is 0 Å². The zero-order chi connectivity index (χ0) is 19.2. The molecule has 0 spiro atoms. The molecule has 0 saturated heterocycles. The second kappa shape index (κ2) is 8.60. The highest BCUT2D eigenvalue weighted by Gasteiger charge is 2.12. The maximum Gasteiger partial charge on any atom is 0.262 e. The molecule has 1 amide bonds. The van der Waals surface area contributed by atoms with Crippen molar-refractivity contribution < 1.29 is 14.3 Å². The topological polar surface area (TPSA) is 47.6 Å². The van der Waals surface area contributed by atoms with Crippen molar-refractivity contribution in [3.05, 3.63) is 82.9 Å². The number of hydrogen-bond donors (Lipinski definition) is 1. The molecule has 0 aliphatic heterocycles. The minimum atomic E-state index is -0.294. The van der Waals surface area contributed by atoms with Crippen LogP contribution in [-0.4, -0.2) is 12.5 Å². The van der Waals surface area contributed by atoms with E-state index >= 15 is 0 Å². The standard InChI is InChI=1S/C22H20ClNO3/c1-15-7-6-8-16(2)22(15)26-14-21(25)24-19-13-17(23)11-12-20(19)27-18-9-4-3-5-10-18/h3-13H,14H2,1-2H3,(H,24,25). The first-order valence-corrected chi connectivity index (χ1v) is 8.92. The van der Waals surface area contributed by atoms with Gasteiger partial charge in [0, 0.05) is 5.02 Å². The largest absolute Gasteiger partial charge is 0.483 e. The molecule has 1 N–H and O–H groups in total. The number of halogens is 1. The van der Waals surface area contributed by atoms with Crippen molar-refractivity contribution in [2.45, 2.75) is 13.8 Å². The van der Waals surface area contributed by atoms with Gasteiger partial charge in [-0.05, 0) is 55.3 Å². The van der Waals surface area contributed by atoms with Crippen LogP contribution >= 0.6 is 11.6 Å². The zero-order valence-corrected chi connectivity index (χ0v) is 15.9. The normalized spacial score (nSPS) is 10.3. The number of nitrogens with one attached hydrogen (secondary N) is 1. The van der Waals surface area contributed by atoms with Crippen molar-refractivity contribution in [3.63, 3.8) is 0 Å². The number of ether oxygens (including phenoxy) is 2. The van der Waals surface area contributed by atoms with Crippen LogP contribution in [0.5, 0.6) is 17.2 Å². The lowest BCUT2D eigenvalue weighted by molar-refractivity contribution is -0.118. The molecule has 27 heavy (non-hydrogen) atoms. The first-order valence-electron chi connectivity index (χ1n) is 8.54. The number of benzene rings is 3. The third-order valence-corrected chi connectivity index (χ3v) is 4.18. The molecule has 0 atom stereocenters. The monoisotopic (exact) mass is 381 g/mol. The van der Waals surface area contributed by atoms with Gasteiger partial charge in [-0.2, -0.15) is 0 Å². The lowest BCUT2D eigenvalue weighted by atomic mass is 10.1. The maximum atomic E-state index is 12.4. The molecule has 0 aliphatic carbocycles. The highest BCUT2D eigenvalue weighted by Crippen LogP contribution is 2.32. The van der Waals surface area contributed by atoms with E-state index in [1.807, 2.05) is 62.4 Å². The van der Waals surface area contributed by atoms with E-state index in [1.54, 1.807) is 18.2 Å². The van der Waals surface area contributed by atoms with Gasteiger partial charge >= 0.3 is 0 Å². The van der Waals surface area contributed by atoms with Gasteiger partial charge in [0.2, 0.25) is 0 Å². The Morgan fingerprint density at radius 2 is 1.67 bits per heavy atom. The van der Waals surface area contributed by atoms with Crippen LogP contribution < -0.4 is 14.8 Å². The molecule has 0 radical (unpaired) electrons. The summed E-state index contributed by atoms with van der Waals surface area (Å²) in [7, 11) is 0. The number of carbonyl (C=O) groups is 1. The van der Waals surface area contributed by atoms with Gasteiger partial charge in [0.15, 0.2) is 12.4 Å². The molecule has 3 aromatic carbocycles. The van der Waals surface area contributed by atoms with E-state index in [-0.39, 0.29) is 12.5 Å². The summed E-state index contributed by atoms with van der Waals surface area (Å²) in [6, 6.07) is 20.3. The van der Waals surface area contributed by atoms with E-state index in [9.17, 15) is 4.79 Å². The number of anilines is 1. The maximum absolute atomic E-state index is 12.4. The Morgan fingerprint density at radius 3 is 2.37 bits per heavy atom. The van der Waals surface area contributed by atoms with Crippen molar-refractivity contribution in [1.82, 2.24) is 0 Å². The first-order chi connectivity index (χ1) is 13.0. The predicted octanol–water partition coefficient (Wildman–Crippen LogP) is 5.77. The van der Waals surface area contributed by atoms with Gasteiger partial charge in [0.25, 0.3) is 5.91 Å². The van der Waals surface area contributed by atoms with Gasteiger partial charge in [-0.25, -0.2) is 0 Å². The summed E-state index contributed by atoms with van der Waals surface area (Å²) in [5.74, 6) is 1.60. The fourth-order valence-corrected chi connectivity index (χ4v) is 2.83. The Hall–Kier alpha value is -2.98. The molecule has 3 rings (SSSR count). The molecule has 0 aromatic heterocycles. The number of aryl methyl sites for hydroxylation is 2. The predicted molar refractivity (Wildman–Crippen MR) is 108 cm³/mol. The lowest BCUT2D eigenvalue weighted by Gasteiger charge is -2.14. The van der Waals surface area contributed by atoms with Crippen LogP contribution in [-0.2, 0) is 4.79 Å². The minimum Gasteiger partial charge on any atom is -0.483 e. The van der Waals surface area contributed by atoms with Gasteiger partial charge in [0.1, 0.15) is 11.5 Å². The van der Waals surface area contributed by atoms with Gasteiger partial charge in [-0.3, -0.25) is 4.79 Å². The van der Waals surface area contributed by atoms with E-state index in [0.29, 0.717) is 22.2 Å². The summed E-state index contributed by atoms with van der Waals surface area (Å²) in [4.78, 5) is 12.4. The van der Waals surface area contributed by atoms with E-state index in [0.717, 1.165) is 16.9 Å². The van der Waals surface area contributed by atoms with Crippen LogP contribution in [0.15, 0.2) is 66.7 Å². The number of amides is 1. The Kier molecular flexibility index (Phi) is 5.99. The number of rotatable bonds is 6. The Morgan fingerprint density at radius 1 is 0.963 bits per heavy atom. The minimum absolute atomic E-state index is 0.108. The molecule has 3 aromatic rings. The summed E-state index contributed by atoms with van der Waals surface area (Å²) in [6.07, 6.45) is 0. The molecule has 0 unspecified atom stereocenters. The summed E-state index contributed by atoms with van der Waals surface area (Å²) < 4.78 is 11.6. The summed E-state index contributed by atoms with van der Waals surface area (Å²) in [5, 5.41) is 3.31. The summed E-state index contributed by atoms with van der Waals surface area (Å²) in [6.45, 7) is 3.79. The highest BCUT2D eigenvalue weighted by atomic mass is 35.5. The second-order valence-corrected chi connectivity index (χ2v) is 6.55. The summed E-state index contributed by atoms with van der Waals surface area (Å²) in [5.41, 5.74) is 2.46. The number of hydrogen-bond acceptors (Lipinski definition) is 3. The van der Waals surface area contributed by atoms with Crippen LogP contribution in [0.3, 0.4) is 0 Å². The zero-order valence-electron chi connectivity index (χ0n) is 15.2. The van der Waals surface area contributed by atoms with Crippen LogP contribution in [0, 0.1) is 13.8 Å². The van der Waals surface area contributed by atoms with Crippen LogP contribution in [0.2, 0.25) is 5.02 Å². The molecule has 5 heteroatoms. The van der Waals surface area contributed by atoms with Gasteiger partial charge in [0.05, 0.1) is 5.69 Å². The fraction of sp³-hybridized carbons (Fsp3) is 0.136. The number of para-hydroxylation sites is 2. The third kappa shape index (κ3) is 5.02. The van der Waals surface area contributed by atoms with Gasteiger partial charge in [-0.1, -0.05) is 48.0 Å². The molecular formula is C22H20ClNO3. The SMILES string of the molecule is Cc1cccc(C)c1OCC(=O)Nc1cc(Cl)ccc1Oc1ccccc1. The average Bonchev–Trinajstić information content (AvgIpc) is 2.64. The Bertz CT molecular complexity index is 921. The molecule has 0 saturated carbocycles. The lowest BCUT2D eigenvalue weighted by Crippen LogP contribution is -2.21. The Labute approximate surface area is 163 Å². The van der Waals surface area contributed by atoms with Crippen LogP contribution in [0.1, 0.15) is 11.1 Å². The molecule has 4 nitrogen and oxygen atoms in total. The highest BCUT2D eigenvalue weighted by molar-refractivity contribution is 6.31. The van der Waals surface area contributed by atoms with E-state index in [2.05, 4.69) is 5.32 Å².